The van der Waals surface area contributed by atoms with Gasteiger partial charge in [-0.05, 0) is 17.0 Å². The molecule has 0 aromatic heterocycles. The summed E-state index contributed by atoms with van der Waals surface area (Å²) in [5, 5.41) is 0. The van der Waals surface area contributed by atoms with Crippen LogP contribution < -0.4 is 0 Å². The fourth-order valence-corrected chi connectivity index (χ4v) is 2.00. The van der Waals surface area contributed by atoms with Gasteiger partial charge in [-0.1, -0.05) is 90.1 Å². The Morgan fingerprint density at radius 2 is 1.21 bits per heavy atom. The number of hydrogen-bond donors (Lipinski definition) is 0. The molecular formula is C22H28O2. The lowest BCUT2D eigenvalue weighted by Crippen LogP contribution is -2.19. The first-order valence-corrected chi connectivity index (χ1v) is 8.35. The van der Waals surface area contributed by atoms with Gasteiger partial charge < -0.3 is 0 Å². The summed E-state index contributed by atoms with van der Waals surface area (Å²) < 4.78 is 0. The van der Waals surface area contributed by atoms with Crippen LogP contribution in [0.5, 0.6) is 0 Å². The highest BCUT2D eigenvalue weighted by Gasteiger charge is 2.22. The molecule has 2 nitrogen and oxygen atoms in total. The third-order valence-corrected chi connectivity index (χ3v) is 3.21. The Balaban J connectivity index is 0.000000648. The molecule has 128 valence electrons. The summed E-state index contributed by atoms with van der Waals surface area (Å²) in [7, 11) is 0. The number of carbonyl (C=O) groups is 2. The van der Waals surface area contributed by atoms with Gasteiger partial charge in [0, 0.05) is 16.5 Å². The Kier molecular flexibility index (Phi) is 7.09. The molecule has 0 saturated carbocycles. The largest absolute Gasteiger partial charge is 0.298 e. The Bertz CT molecular complexity index is 654. The van der Waals surface area contributed by atoms with Crippen molar-refractivity contribution in [1.82, 2.24) is 0 Å². The quantitative estimate of drug-likeness (QED) is 0.508. The minimum absolute atomic E-state index is 0.139. The summed E-state index contributed by atoms with van der Waals surface area (Å²) >= 11 is 0. The van der Waals surface area contributed by atoms with Gasteiger partial charge in [-0.15, -0.1) is 0 Å². The fraction of sp³-hybridized carbons (Fsp3) is 0.364. The SMILES string of the molecule is CC(C)(C)C(=O)c1ccc(-c2ccc(C=O)cc2)cc1.CC(C)C. The average molecular weight is 324 g/mol. The molecule has 0 N–H and O–H groups in total. The highest BCUT2D eigenvalue weighted by atomic mass is 16.1. The third kappa shape index (κ3) is 6.11. The molecule has 2 aromatic rings. The van der Waals surface area contributed by atoms with Crippen LogP contribution in [-0.2, 0) is 0 Å². The summed E-state index contributed by atoms with van der Waals surface area (Å²) in [6, 6.07) is 15.0. The van der Waals surface area contributed by atoms with E-state index in [-0.39, 0.29) is 11.2 Å². The van der Waals surface area contributed by atoms with Crippen LogP contribution in [0.3, 0.4) is 0 Å². The van der Waals surface area contributed by atoms with Crippen LogP contribution in [0.2, 0.25) is 0 Å². The molecule has 0 saturated heterocycles. The van der Waals surface area contributed by atoms with Crippen molar-refractivity contribution in [3.63, 3.8) is 0 Å². The summed E-state index contributed by atoms with van der Waals surface area (Å²) in [5.74, 6) is 0.973. The lowest BCUT2D eigenvalue weighted by atomic mass is 9.86. The first-order chi connectivity index (χ1) is 11.1. The summed E-state index contributed by atoms with van der Waals surface area (Å²) in [4.78, 5) is 22.8. The zero-order chi connectivity index (χ0) is 18.3. The molecule has 2 rings (SSSR count). The average Bonchev–Trinajstić information content (AvgIpc) is 2.53. The maximum absolute atomic E-state index is 12.2. The predicted octanol–water partition coefficient (Wildman–Crippen LogP) is 6.06. The second kappa shape index (κ2) is 8.58. The number of rotatable bonds is 3. The van der Waals surface area contributed by atoms with Crippen molar-refractivity contribution >= 4 is 12.1 Å². The van der Waals surface area contributed by atoms with E-state index in [1.807, 2.05) is 57.2 Å². The minimum atomic E-state index is -0.368. The number of benzene rings is 2. The molecule has 0 bridgehead atoms. The Labute approximate surface area is 145 Å². The van der Waals surface area contributed by atoms with Crippen LogP contribution in [0.1, 0.15) is 62.3 Å². The number of aldehydes is 1. The van der Waals surface area contributed by atoms with Crippen molar-refractivity contribution in [3.05, 3.63) is 59.7 Å². The minimum Gasteiger partial charge on any atom is -0.298 e. The Hall–Kier alpha value is -2.22. The lowest BCUT2D eigenvalue weighted by Gasteiger charge is -2.16. The van der Waals surface area contributed by atoms with Gasteiger partial charge in [0.15, 0.2) is 5.78 Å². The van der Waals surface area contributed by atoms with Crippen molar-refractivity contribution in [2.75, 3.05) is 0 Å². The molecule has 0 amide bonds. The van der Waals surface area contributed by atoms with Gasteiger partial charge in [-0.25, -0.2) is 0 Å². The number of hydrogen-bond acceptors (Lipinski definition) is 2. The van der Waals surface area contributed by atoms with Crippen molar-refractivity contribution in [2.24, 2.45) is 11.3 Å². The highest BCUT2D eigenvalue weighted by molar-refractivity contribution is 6.00. The van der Waals surface area contributed by atoms with Crippen LogP contribution in [0.25, 0.3) is 11.1 Å². The molecule has 0 atom stereocenters. The van der Waals surface area contributed by atoms with Gasteiger partial charge in [0.25, 0.3) is 0 Å². The standard InChI is InChI=1S/C18H18O2.C4H10/c1-18(2,3)17(20)16-10-8-15(9-11-16)14-6-4-13(12-19)5-7-14;1-4(2)3/h4-12H,1-3H3;4H,1-3H3. The fourth-order valence-electron chi connectivity index (χ4n) is 2.00. The van der Waals surface area contributed by atoms with E-state index in [0.717, 1.165) is 28.9 Å². The van der Waals surface area contributed by atoms with Crippen LogP contribution >= 0.6 is 0 Å². The van der Waals surface area contributed by atoms with Crippen molar-refractivity contribution in [3.8, 4) is 11.1 Å². The van der Waals surface area contributed by atoms with Gasteiger partial charge in [0.2, 0.25) is 0 Å². The summed E-state index contributed by atoms with van der Waals surface area (Å²) in [5.41, 5.74) is 3.09. The highest BCUT2D eigenvalue weighted by Crippen LogP contribution is 2.24. The molecule has 0 aliphatic carbocycles. The first kappa shape index (κ1) is 19.8. The smallest absolute Gasteiger partial charge is 0.168 e. The Morgan fingerprint density at radius 1 is 0.833 bits per heavy atom. The molecule has 2 heteroatoms. The van der Waals surface area contributed by atoms with E-state index in [1.54, 1.807) is 12.1 Å². The normalized spacial score (nSPS) is 10.8. The molecule has 0 aliphatic rings. The molecule has 0 unspecified atom stereocenters. The molecular weight excluding hydrogens is 296 g/mol. The van der Waals surface area contributed by atoms with E-state index in [4.69, 9.17) is 0 Å². The zero-order valence-corrected chi connectivity index (χ0v) is 15.6. The molecule has 0 heterocycles. The molecule has 0 spiro atoms. The third-order valence-electron chi connectivity index (χ3n) is 3.21. The van der Waals surface area contributed by atoms with Crippen LogP contribution in [0.15, 0.2) is 48.5 Å². The van der Waals surface area contributed by atoms with Crippen LogP contribution in [0.4, 0.5) is 0 Å². The summed E-state index contributed by atoms with van der Waals surface area (Å²) in [6.07, 6.45) is 0.828. The van der Waals surface area contributed by atoms with Crippen molar-refractivity contribution in [1.29, 1.82) is 0 Å². The van der Waals surface area contributed by atoms with Gasteiger partial charge in [0.05, 0.1) is 0 Å². The molecule has 2 aromatic carbocycles. The monoisotopic (exact) mass is 324 g/mol. The molecule has 0 radical (unpaired) electrons. The second-order valence-corrected chi connectivity index (χ2v) is 7.63. The van der Waals surface area contributed by atoms with Gasteiger partial charge >= 0.3 is 0 Å². The number of carbonyl (C=O) groups excluding carboxylic acids is 2. The van der Waals surface area contributed by atoms with E-state index in [2.05, 4.69) is 20.8 Å². The van der Waals surface area contributed by atoms with Crippen molar-refractivity contribution in [2.45, 2.75) is 41.5 Å². The van der Waals surface area contributed by atoms with E-state index >= 15 is 0 Å². The lowest BCUT2D eigenvalue weighted by molar-refractivity contribution is 0.0858. The van der Waals surface area contributed by atoms with Crippen LogP contribution in [-0.4, -0.2) is 12.1 Å². The zero-order valence-electron chi connectivity index (χ0n) is 15.6. The molecule has 0 aliphatic heterocycles. The maximum atomic E-state index is 12.2. The van der Waals surface area contributed by atoms with Gasteiger partial charge in [0.1, 0.15) is 6.29 Å². The summed E-state index contributed by atoms with van der Waals surface area (Å²) in [6.45, 7) is 12.3. The predicted molar refractivity (Wildman–Crippen MR) is 102 cm³/mol. The maximum Gasteiger partial charge on any atom is 0.168 e. The van der Waals surface area contributed by atoms with E-state index < -0.39 is 0 Å². The number of ketones is 1. The number of Topliss-reactive ketones (excluding diaryl/α,β-unsaturated/α-hetero) is 1. The van der Waals surface area contributed by atoms with Gasteiger partial charge in [-0.3, -0.25) is 9.59 Å². The van der Waals surface area contributed by atoms with Crippen molar-refractivity contribution < 1.29 is 9.59 Å². The first-order valence-electron chi connectivity index (χ1n) is 8.35. The van der Waals surface area contributed by atoms with E-state index in [0.29, 0.717) is 5.56 Å². The Morgan fingerprint density at radius 3 is 1.54 bits per heavy atom. The van der Waals surface area contributed by atoms with Gasteiger partial charge in [-0.2, -0.15) is 0 Å². The topological polar surface area (TPSA) is 34.1 Å². The molecule has 0 fully saturated rings. The second-order valence-electron chi connectivity index (χ2n) is 7.63. The van der Waals surface area contributed by atoms with Crippen LogP contribution in [0, 0.1) is 11.3 Å². The molecule has 24 heavy (non-hydrogen) atoms. The van der Waals surface area contributed by atoms with E-state index in [1.165, 1.54) is 0 Å². The van der Waals surface area contributed by atoms with E-state index in [9.17, 15) is 9.59 Å².